The molecule has 1 N–H and O–H groups in total. The Labute approximate surface area is 140 Å². The van der Waals surface area contributed by atoms with Crippen LogP contribution in [0.3, 0.4) is 0 Å². The number of nitrogens with zero attached hydrogens (tertiary/aromatic N) is 2. The second-order valence-corrected chi connectivity index (χ2v) is 6.78. The molecule has 0 aliphatic rings. The third-order valence-electron chi connectivity index (χ3n) is 2.79. The van der Waals surface area contributed by atoms with Gasteiger partial charge in [0.05, 0.1) is 19.4 Å². The predicted octanol–water partition coefficient (Wildman–Crippen LogP) is 4.05. The summed E-state index contributed by atoms with van der Waals surface area (Å²) in [6.45, 7) is 1.10. The minimum atomic E-state index is -0.268. The van der Waals surface area contributed by atoms with Crippen molar-refractivity contribution in [2.75, 3.05) is 17.7 Å². The van der Waals surface area contributed by atoms with E-state index in [0.29, 0.717) is 18.9 Å². The molecule has 2 heterocycles. The zero-order chi connectivity index (χ0) is 15.9. The van der Waals surface area contributed by atoms with Crippen molar-refractivity contribution >= 4 is 28.2 Å². The van der Waals surface area contributed by atoms with Crippen molar-refractivity contribution in [3.63, 3.8) is 0 Å². The van der Waals surface area contributed by atoms with Crippen LogP contribution in [0.15, 0.2) is 51.4 Å². The molecule has 0 spiro atoms. The van der Waals surface area contributed by atoms with Crippen LogP contribution in [0.4, 0.5) is 9.52 Å². The van der Waals surface area contributed by atoms with Crippen molar-refractivity contribution in [1.82, 2.24) is 10.2 Å². The van der Waals surface area contributed by atoms with Gasteiger partial charge in [-0.3, -0.25) is 0 Å². The second kappa shape index (κ2) is 7.98. The van der Waals surface area contributed by atoms with Gasteiger partial charge in [-0.1, -0.05) is 23.1 Å². The van der Waals surface area contributed by atoms with Gasteiger partial charge < -0.3 is 14.5 Å². The van der Waals surface area contributed by atoms with Gasteiger partial charge in [-0.2, -0.15) is 0 Å². The average Bonchev–Trinajstić information content (AvgIpc) is 3.23. The van der Waals surface area contributed by atoms with Crippen molar-refractivity contribution in [3.05, 3.63) is 54.2 Å². The lowest BCUT2D eigenvalue weighted by Crippen LogP contribution is -1.99. The first-order chi connectivity index (χ1) is 11.3. The monoisotopic (exact) mass is 351 g/mol. The normalized spacial score (nSPS) is 10.7. The molecule has 0 atom stereocenters. The number of aromatic nitrogens is 2. The first-order valence-corrected chi connectivity index (χ1v) is 8.71. The fourth-order valence-corrected chi connectivity index (χ4v) is 3.37. The number of ether oxygens (including phenoxy) is 1. The molecule has 0 amide bonds. The van der Waals surface area contributed by atoms with E-state index in [1.807, 2.05) is 12.1 Å². The van der Waals surface area contributed by atoms with E-state index in [1.54, 1.807) is 30.2 Å². The molecule has 5 nitrogen and oxygen atoms in total. The molecule has 0 aliphatic heterocycles. The topological polar surface area (TPSA) is 60.2 Å². The highest BCUT2D eigenvalue weighted by molar-refractivity contribution is 8.01. The number of anilines is 1. The number of furan rings is 1. The standard InChI is InChI=1S/C15H14FN3O2S2/c16-11-3-5-12(6-4-11)21-8-9-22-15-19-18-14(23-15)17-10-13-2-1-7-20-13/h1-7H,8-10H2,(H,17,18). The van der Waals surface area contributed by atoms with E-state index >= 15 is 0 Å². The summed E-state index contributed by atoms with van der Waals surface area (Å²) < 4.78 is 24.4. The highest BCUT2D eigenvalue weighted by atomic mass is 32.2. The zero-order valence-electron chi connectivity index (χ0n) is 12.1. The summed E-state index contributed by atoms with van der Waals surface area (Å²) in [6.07, 6.45) is 1.64. The van der Waals surface area contributed by atoms with E-state index < -0.39 is 0 Å². The number of halogens is 1. The molecule has 3 aromatic rings. The fraction of sp³-hybridized carbons (Fsp3) is 0.200. The molecule has 0 radical (unpaired) electrons. The maximum atomic E-state index is 12.8. The Bertz CT molecular complexity index is 717. The molecule has 0 saturated heterocycles. The average molecular weight is 351 g/mol. The Hall–Kier alpha value is -2.06. The molecular weight excluding hydrogens is 337 g/mol. The van der Waals surface area contributed by atoms with E-state index in [4.69, 9.17) is 9.15 Å². The Kier molecular flexibility index (Phi) is 5.49. The van der Waals surface area contributed by atoms with Gasteiger partial charge in [0.15, 0.2) is 4.34 Å². The number of nitrogens with one attached hydrogen (secondary N) is 1. The second-order valence-electron chi connectivity index (χ2n) is 4.46. The first kappa shape index (κ1) is 15.8. The molecule has 0 aliphatic carbocycles. The molecule has 120 valence electrons. The smallest absolute Gasteiger partial charge is 0.206 e. The lowest BCUT2D eigenvalue weighted by Gasteiger charge is -2.04. The summed E-state index contributed by atoms with van der Waals surface area (Å²) in [6, 6.07) is 9.73. The summed E-state index contributed by atoms with van der Waals surface area (Å²) >= 11 is 3.06. The van der Waals surface area contributed by atoms with Crippen LogP contribution in [0.2, 0.25) is 0 Å². The minimum absolute atomic E-state index is 0.268. The summed E-state index contributed by atoms with van der Waals surface area (Å²) in [4.78, 5) is 0. The van der Waals surface area contributed by atoms with Crippen molar-refractivity contribution in [3.8, 4) is 5.75 Å². The van der Waals surface area contributed by atoms with Crippen LogP contribution in [0.25, 0.3) is 0 Å². The third-order valence-corrected chi connectivity index (χ3v) is 4.77. The van der Waals surface area contributed by atoms with E-state index in [9.17, 15) is 4.39 Å². The van der Waals surface area contributed by atoms with E-state index in [-0.39, 0.29) is 5.82 Å². The molecule has 8 heteroatoms. The van der Waals surface area contributed by atoms with Gasteiger partial charge in [-0.25, -0.2) is 4.39 Å². The number of hydrogen-bond donors (Lipinski definition) is 1. The molecule has 0 bridgehead atoms. The van der Waals surface area contributed by atoms with Crippen molar-refractivity contribution in [2.24, 2.45) is 0 Å². The SMILES string of the molecule is Fc1ccc(OCCSc2nnc(NCc3ccco3)s2)cc1. The predicted molar refractivity (Wildman–Crippen MR) is 88.6 cm³/mol. The Morgan fingerprint density at radius 2 is 2.09 bits per heavy atom. The Balaban J connectivity index is 1.38. The third kappa shape index (κ3) is 4.97. The van der Waals surface area contributed by atoms with Gasteiger partial charge in [0, 0.05) is 5.75 Å². The Morgan fingerprint density at radius 1 is 1.22 bits per heavy atom. The summed E-state index contributed by atoms with van der Waals surface area (Å²) in [7, 11) is 0. The summed E-state index contributed by atoms with van der Waals surface area (Å²) in [5.74, 6) is 1.98. The molecule has 0 unspecified atom stereocenters. The highest BCUT2D eigenvalue weighted by Crippen LogP contribution is 2.25. The number of hydrogen-bond acceptors (Lipinski definition) is 7. The number of rotatable bonds is 8. The summed E-state index contributed by atoms with van der Waals surface area (Å²) in [5.41, 5.74) is 0. The van der Waals surface area contributed by atoms with Gasteiger partial charge in [0.1, 0.15) is 17.3 Å². The van der Waals surface area contributed by atoms with Crippen LogP contribution in [-0.4, -0.2) is 22.6 Å². The largest absolute Gasteiger partial charge is 0.493 e. The van der Waals surface area contributed by atoms with E-state index in [0.717, 1.165) is 21.0 Å². The number of thioether (sulfide) groups is 1. The number of benzene rings is 1. The van der Waals surface area contributed by atoms with Crippen LogP contribution in [0.5, 0.6) is 5.75 Å². The molecule has 2 aromatic heterocycles. The van der Waals surface area contributed by atoms with Crippen molar-refractivity contribution in [2.45, 2.75) is 10.9 Å². The zero-order valence-corrected chi connectivity index (χ0v) is 13.7. The minimum Gasteiger partial charge on any atom is -0.493 e. The molecular formula is C15H14FN3O2S2. The highest BCUT2D eigenvalue weighted by Gasteiger charge is 2.05. The van der Waals surface area contributed by atoms with E-state index in [1.165, 1.54) is 23.5 Å². The van der Waals surface area contributed by atoms with Crippen LogP contribution < -0.4 is 10.1 Å². The Morgan fingerprint density at radius 3 is 2.87 bits per heavy atom. The molecule has 3 rings (SSSR count). The molecule has 23 heavy (non-hydrogen) atoms. The fourth-order valence-electron chi connectivity index (χ4n) is 1.73. The lowest BCUT2D eigenvalue weighted by atomic mass is 10.3. The van der Waals surface area contributed by atoms with Crippen molar-refractivity contribution in [1.29, 1.82) is 0 Å². The van der Waals surface area contributed by atoms with E-state index in [2.05, 4.69) is 15.5 Å². The van der Waals surface area contributed by atoms with Crippen molar-refractivity contribution < 1.29 is 13.5 Å². The first-order valence-electron chi connectivity index (χ1n) is 6.90. The van der Waals surface area contributed by atoms with Gasteiger partial charge in [0.2, 0.25) is 5.13 Å². The maximum absolute atomic E-state index is 12.8. The van der Waals surface area contributed by atoms with Crippen LogP contribution >= 0.6 is 23.1 Å². The molecule has 1 aromatic carbocycles. The van der Waals surface area contributed by atoms with Gasteiger partial charge >= 0.3 is 0 Å². The summed E-state index contributed by atoms with van der Waals surface area (Å²) in [5, 5.41) is 12.1. The van der Waals surface area contributed by atoms with Crippen LogP contribution in [-0.2, 0) is 6.54 Å². The quantitative estimate of drug-likeness (QED) is 0.488. The molecule has 0 fully saturated rings. The molecule has 0 saturated carbocycles. The lowest BCUT2D eigenvalue weighted by molar-refractivity contribution is 0.343. The van der Waals surface area contributed by atoms with Gasteiger partial charge in [0.25, 0.3) is 0 Å². The van der Waals surface area contributed by atoms with Gasteiger partial charge in [-0.15, -0.1) is 10.2 Å². The van der Waals surface area contributed by atoms with Crippen LogP contribution in [0, 0.1) is 5.82 Å². The van der Waals surface area contributed by atoms with Gasteiger partial charge in [-0.05, 0) is 36.4 Å². The maximum Gasteiger partial charge on any atom is 0.206 e. The van der Waals surface area contributed by atoms with Crippen LogP contribution in [0.1, 0.15) is 5.76 Å².